The van der Waals surface area contributed by atoms with Crippen molar-refractivity contribution in [1.29, 1.82) is 0 Å². The summed E-state index contributed by atoms with van der Waals surface area (Å²) in [4.78, 5) is 0. The smallest absolute Gasteiger partial charge is 0.149 e. The van der Waals surface area contributed by atoms with E-state index in [4.69, 9.17) is 5.73 Å². The van der Waals surface area contributed by atoms with E-state index in [2.05, 4.69) is 5.32 Å². The van der Waals surface area contributed by atoms with Gasteiger partial charge in [0.15, 0.2) is 0 Å². The van der Waals surface area contributed by atoms with Gasteiger partial charge in [-0.25, -0.2) is 8.78 Å². The van der Waals surface area contributed by atoms with E-state index >= 15 is 0 Å². The zero-order valence-corrected chi connectivity index (χ0v) is 11.7. The van der Waals surface area contributed by atoms with Crippen molar-refractivity contribution in [2.45, 2.75) is 44.4 Å². The SMILES string of the molecule is CC1(C)CCC([C@@H](O)c2cc(F)c(N)c(F)c2)N1.Cl. The molecule has 1 aromatic rings. The van der Waals surface area contributed by atoms with Gasteiger partial charge in [0.05, 0.1) is 6.10 Å². The van der Waals surface area contributed by atoms with Crippen molar-refractivity contribution >= 4 is 18.1 Å². The molecule has 1 heterocycles. The van der Waals surface area contributed by atoms with Crippen molar-refractivity contribution in [3.63, 3.8) is 0 Å². The number of benzene rings is 1. The van der Waals surface area contributed by atoms with Crippen LogP contribution in [0.1, 0.15) is 38.4 Å². The van der Waals surface area contributed by atoms with Gasteiger partial charge in [-0.05, 0) is 44.4 Å². The van der Waals surface area contributed by atoms with Gasteiger partial charge in [-0.2, -0.15) is 0 Å². The number of nitrogen functional groups attached to an aromatic ring is 1. The number of hydrogen-bond acceptors (Lipinski definition) is 3. The maximum atomic E-state index is 13.3. The summed E-state index contributed by atoms with van der Waals surface area (Å²) in [5.41, 5.74) is 4.85. The molecule has 2 atom stereocenters. The summed E-state index contributed by atoms with van der Waals surface area (Å²) >= 11 is 0. The molecule has 6 heteroatoms. The standard InChI is InChI=1S/C13H18F2N2O.ClH/c1-13(2)4-3-10(17-13)12(18)7-5-8(14)11(16)9(15)6-7;/h5-6,10,12,17-18H,3-4,16H2,1-2H3;1H/t10?,12-;/m0./s1. The first kappa shape index (κ1) is 16.1. The van der Waals surface area contributed by atoms with E-state index in [0.29, 0.717) is 0 Å². The number of aliphatic hydroxyl groups excluding tert-OH is 1. The Balaban J connectivity index is 0.00000180. The average molecular weight is 293 g/mol. The van der Waals surface area contributed by atoms with E-state index in [9.17, 15) is 13.9 Å². The Hall–Kier alpha value is -0.910. The Morgan fingerprint density at radius 2 is 1.89 bits per heavy atom. The maximum Gasteiger partial charge on any atom is 0.149 e. The van der Waals surface area contributed by atoms with Gasteiger partial charge in [0.1, 0.15) is 17.3 Å². The van der Waals surface area contributed by atoms with E-state index in [1.165, 1.54) is 0 Å². The zero-order valence-electron chi connectivity index (χ0n) is 10.9. The predicted molar refractivity (Wildman–Crippen MR) is 73.2 cm³/mol. The second kappa shape index (κ2) is 5.61. The minimum absolute atomic E-state index is 0. The van der Waals surface area contributed by atoms with Gasteiger partial charge >= 0.3 is 0 Å². The second-order valence-corrected chi connectivity index (χ2v) is 5.52. The monoisotopic (exact) mass is 292 g/mol. The summed E-state index contributed by atoms with van der Waals surface area (Å²) < 4.78 is 26.7. The topological polar surface area (TPSA) is 58.3 Å². The fourth-order valence-electron chi connectivity index (χ4n) is 2.41. The van der Waals surface area contributed by atoms with E-state index in [1.807, 2.05) is 13.8 Å². The van der Waals surface area contributed by atoms with Gasteiger partial charge in [-0.1, -0.05) is 0 Å². The largest absolute Gasteiger partial charge is 0.394 e. The van der Waals surface area contributed by atoms with Crippen molar-refractivity contribution in [1.82, 2.24) is 5.32 Å². The first-order valence-corrected chi connectivity index (χ1v) is 6.00. The number of hydrogen-bond donors (Lipinski definition) is 3. The highest BCUT2D eigenvalue weighted by molar-refractivity contribution is 5.85. The van der Waals surface area contributed by atoms with Gasteiger partial charge in [-0.3, -0.25) is 0 Å². The Kier molecular flexibility index (Phi) is 4.76. The molecule has 0 amide bonds. The molecule has 1 aromatic carbocycles. The van der Waals surface area contributed by atoms with Crippen molar-refractivity contribution in [2.75, 3.05) is 5.73 Å². The first-order chi connectivity index (χ1) is 8.30. The fourth-order valence-corrected chi connectivity index (χ4v) is 2.41. The molecule has 0 spiro atoms. The molecule has 4 N–H and O–H groups in total. The molecule has 0 radical (unpaired) electrons. The molecule has 0 bridgehead atoms. The zero-order chi connectivity index (χ0) is 13.5. The third kappa shape index (κ3) is 3.35. The molecule has 1 fully saturated rings. The quantitative estimate of drug-likeness (QED) is 0.734. The molecular weight excluding hydrogens is 274 g/mol. The van der Waals surface area contributed by atoms with Gasteiger partial charge in [-0.15, -0.1) is 12.4 Å². The van der Waals surface area contributed by atoms with E-state index in [1.54, 1.807) is 0 Å². The summed E-state index contributed by atoms with van der Waals surface area (Å²) in [6.45, 7) is 4.06. The third-order valence-corrected chi connectivity index (χ3v) is 3.48. The lowest BCUT2D eigenvalue weighted by Crippen LogP contribution is -2.40. The number of nitrogens with one attached hydrogen (secondary N) is 1. The summed E-state index contributed by atoms with van der Waals surface area (Å²) in [7, 11) is 0. The van der Waals surface area contributed by atoms with Crippen molar-refractivity contribution in [3.8, 4) is 0 Å². The Bertz CT molecular complexity index is 445. The fraction of sp³-hybridized carbons (Fsp3) is 0.538. The number of halogens is 3. The van der Waals surface area contributed by atoms with E-state index in [0.717, 1.165) is 25.0 Å². The minimum atomic E-state index is -0.934. The van der Waals surface area contributed by atoms with Crippen LogP contribution in [0.25, 0.3) is 0 Å². The van der Waals surface area contributed by atoms with Crippen LogP contribution in [0.3, 0.4) is 0 Å². The molecule has 1 saturated heterocycles. The second-order valence-electron chi connectivity index (χ2n) is 5.52. The molecule has 1 aliphatic heterocycles. The summed E-state index contributed by atoms with van der Waals surface area (Å²) in [5, 5.41) is 13.4. The minimum Gasteiger partial charge on any atom is -0.394 e. The predicted octanol–water partition coefficient (Wildman–Crippen LogP) is 2.53. The van der Waals surface area contributed by atoms with Crippen molar-refractivity contribution < 1.29 is 13.9 Å². The summed E-state index contributed by atoms with van der Waals surface area (Å²) in [6, 6.07) is 1.99. The normalized spacial score (nSPS) is 22.9. The highest BCUT2D eigenvalue weighted by atomic mass is 35.5. The lowest BCUT2D eigenvalue weighted by atomic mass is 9.99. The van der Waals surface area contributed by atoms with Gasteiger partial charge in [0.2, 0.25) is 0 Å². The van der Waals surface area contributed by atoms with Crippen LogP contribution in [0.15, 0.2) is 12.1 Å². The molecule has 1 unspecified atom stereocenters. The van der Waals surface area contributed by atoms with Crippen LogP contribution >= 0.6 is 12.4 Å². The lowest BCUT2D eigenvalue weighted by Gasteiger charge is -2.24. The molecule has 108 valence electrons. The lowest BCUT2D eigenvalue weighted by molar-refractivity contribution is 0.131. The molecule has 2 rings (SSSR count). The first-order valence-electron chi connectivity index (χ1n) is 6.00. The van der Waals surface area contributed by atoms with Crippen LogP contribution in [0.5, 0.6) is 0 Å². The maximum absolute atomic E-state index is 13.3. The van der Waals surface area contributed by atoms with Gasteiger partial charge < -0.3 is 16.2 Å². The molecule has 0 aromatic heterocycles. The van der Waals surface area contributed by atoms with Crippen LogP contribution in [0.2, 0.25) is 0 Å². The van der Waals surface area contributed by atoms with E-state index in [-0.39, 0.29) is 29.6 Å². The number of rotatable bonds is 2. The van der Waals surface area contributed by atoms with Crippen molar-refractivity contribution in [3.05, 3.63) is 29.3 Å². The summed E-state index contributed by atoms with van der Waals surface area (Å²) in [5.74, 6) is -1.66. The van der Waals surface area contributed by atoms with Crippen LogP contribution in [-0.2, 0) is 0 Å². The van der Waals surface area contributed by atoms with Crippen LogP contribution in [-0.4, -0.2) is 16.7 Å². The van der Waals surface area contributed by atoms with E-state index < -0.39 is 23.4 Å². The van der Waals surface area contributed by atoms with Gasteiger partial charge in [0, 0.05) is 11.6 Å². The number of aliphatic hydroxyl groups is 1. The molecule has 3 nitrogen and oxygen atoms in total. The Morgan fingerprint density at radius 1 is 1.37 bits per heavy atom. The number of anilines is 1. The Labute approximate surface area is 117 Å². The van der Waals surface area contributed by atoms with Crippen LogP contribution in [0.4, 0.5) is 14.5 Å². The average Bonchev–Trinajstić information content (AvgIpc) is 2.65. The highest BCUT2D eigenvalue weighted by Gasteiger charge is 2.34. The number of nitrogens with two attached hydrogens (primary N) is 1. The van der Waals surface area contributed by atoms with Gasteiger partial charge in [0.25, 0.3) is 0 Å². The molecule has 1 aliphatic rings. The molecule has 0 saturated carbocycles. The highest BCUT2D eigenvalue weighted by Crippen LogP contribution is 2.31. The molecule has 0 aliphatic carbocycles. The van der Waals surface area contributed by atoms with Crippen molar-refractivity contribution in [2.24, 2.45) is 0 Å². The third-order valence-electron chi connectivity index (χ3n) is 3.48. The summed E-state index contributed by atoms with van der Waals surface area (Å²) in [6.07, 6.45) is 0.743. The molecule has 19 heavy (non-hydrogen) atoms. The Morgan fingerprint density at radius 3 is 2.32 bits per heavy atom. The molecular formula is C13H19ClF2N2O. The van der Waals surface area contributed by atoms with Crippen LogP contribution < -0.4 is 11.1 Å². The van der Waals surface area contributed by atoms with Crippen LogP contribution in [0, 0.1) is 11.6 Å².